The van der Waals surface area contributed by atoms with Crippen LogP contribution in [0.15, 0.2) is 78.9 Å². The number of aromatic nitrogens is 2. The first-order chi connectivity index (χ1) is 21.7. The van der Waals surface area contributed by atoms with Crippen molar-refractivity contribution in [1.29, 1.82) is 0 Å². The van der Waals surface area contributed by atoms with E-state index >= 15 is 0 Å². The summed E-state index contributed by atoms with van der Waals surface area (Å²) >= 11 is 0. The Hall–Kier alpha value is -5.77. The van der Waals surface area contributed by atoms with E-state index < -0.39 is 5.97 Å². The minimum atomic E-state index is -0.496. The Kier molecular flexibility index (Phi) is 7.87. The van der Waals surface area contributed by atoms with Crippen LogP contribution in [0.2, 0.25) is 0 Å². The lowest BCUT2D eigenvalue weighted by Gasteiger charge is -2.12. The van der Waals surface area contributed by atoms with E-state index in [4.69, 9.17) is 28.8 Å². The van der Waals surface area contributed by atoms with Gasteiger partial charge in [-0.1, -0.05) is 29.8 Å². The Morgan fingerprint density at radius 2 is 1.53 bits per heavy atom. The van der Waals surface area contributed by atoms with E-state index in [1.54, 1.807) is 55.3 Å². The number of hydrogen-bond donors (Lipinski definition) is 1. The molecule has 10 nitrogen and oxygen atoms in total. The molecule has 1 aliphatic rings. The number of nitrogens with one attached hydrogen (secondary N) is 1. The minimum Gasteiger partial charge on any atom is -0.497 e. The van der Waals surface area contributed by atoms with Gasteiger partial charge in [0.1, 0.15) is 17.2 Å². The number of anilines is 1. The molecule has 1 amide bonds. The number of rotatable bonds is 8. The SMILES string of the molecule is COc1cc(OC)cc(-c2nn(-c3ccc(C)cc3C)c(OC(C)=O)c2-c2ccc(NC(=O)c3ccc4c(c3)OCO4)cc2)c1. The third kappa shape index (κ3) is 5.90. The molecule has 10 heteroatoms. The molecular weight excluding hydrogens is 574 g/mol. The number of nitrogens with zero attached hydrogens (tertiary/aromatic N) is 2. The van der Waals surface area contributed by atoms with Crippen molar-refractivity contribution in [2.45, 2.75) is 20.8 Å². The number of hydrogen-bond acceptors (Lipinski definition) is 8. The van der Waals surface area contributed by atoms with E-state index in [0.717, 1.165) is 16.8 Å². The van der Waals surface area contributed by atoms with Crippen LogP contribution in [0.5, 0.6) is 28.9 Å². The van der Waals surface area contributed by atoms with Gasteiger partial charge in [0.25, 0.3) is 5.91 Å². The number of ether oxygens (including phenoxy) is 5. The molecule has 0 saturated carbocycles. The summed E-state index contributed by atoms with van der Waals surface area (Å²) in [5.74, 6) is 1.74. The average molecular weight is 606 g/mol. The molecular formula is C35H31N3O7. The topological polar surface area (TPSA) is 110 Å². The molecule has 0 radical (unpaired) electrons. The number of methoxy groups -OCH3 is 2. The molecule has 2 heterocycles. The highest BCUT2D eigenvalue weighted by atomic mass is 16.7. The predicted molar refractivity (Wildman–Crippen MR) is 169 cm³/mol. The third-order valence-corrected chi connectivity index (χ3v) is 7.36. The maximum Gasteiger partial charge on any atom is 0.309 e. The predicted octanol–water partition coefficient (Wildman–Crippen LogP) is 6.75. The molecule has 4 aromatic carbocycles. The standard InChI is InChI=1S/C35H31N3O7/c1-20-6-12-29(21(2)14-20)38-35(45-22(3)39)32(33(37-38)25-15-27(41-4)18-28(16-25)42-5)23-7-10-26(11-8-23)36-34(40)24-9-13-30-31(17-24)44-19-43-30/h6-18H,19H2,1-5H3,(H,36,40). The summed E-state index contributed by atoms with van der Waals surface area (Å²) in [4.78, 5) is 25.5. The smallest absolute Gasteiger partial charge is 0.309 e. The number of esters is 1. The Balaban J connectivity index is 1.46. The minimum absolute atomic E-state index is 0.127. The molecule has 0 spiro atoms. The van der Waals surface area contributed by atoms with Crippen LogP contribution in [0.3, 0.4) is 0 Å². The molecule has 6 rings (SSSR count). The van der Waals surface area contributed by atoms with Gasteiger partial charge >= 0.3 is 5.97 Å². The fourth-order valence-corrected chi connectivity index (χ4v) is 5.21. The number of carbonyl (C=O) groups excluding carboxylic acids is 2. The Morgan fingerprint density at radius 1 is 0.822 bits per heavy atom. The van der Waals surface area contributed by atoms with Crippen LogP contribution in [0.1, 0.15) is 28.4 Å². The fourth-order valence-electron chi connectivity index (χ4n) is 5.21. The Morgan fingerprint density at radius 3 is 2.20 bits per heavy atom. The van der Waals surface area contributed by atoms with Crippen LogP contribution < -0.4 is 29.0 Å². The lowest BCUT2D eigenvalue weighted by Crippen LogP contribution is -2.11. The lowest BCUT2D eigenvalue weighted by molar-refractivity contribution is -0.132. The average Bonchev–Trinajstić information content (AvgIpc) is 3.65. The number of benzene rings is 4. The maximum atomic E-state index is 13.0. The highest BCUT2D eigenvalue weighted by Gasteiger charge is 2.26. The summed E-state index contributed by atoms with van der Waals surface area (Å²) in [7, 11) is 3.16. The van der Waals surface area contributed by atoms with Gasteiger partial charge in [0, 0.05) is 29.8 Å². The zero-order valence-electron chi connectivity index (χ0n) is 25.5. The Bertz CT molecular complexity index is 1910. The Labute approximate surface area is 260 Å². The molecule has 1 aliphatic heterocycles. The van der Waals surface area contributed by atoms with Gasteiger partial charge in [-0.15, -0.1) is 0 Å². The quantitative estimate of drug-likeness (QED) is 0.194. The second-order valence-corrected chi connectivity index (χ2v) is 10.5. The first kappa shape index (κ1) is 29.3. The van der Waals surface area contributed by atoms with Gasteiger partial charge in [-0.2, -0.15) is 9.78 Å². The van der Waals surface area contributed by atoms with E-state index in [2.05, 4.69) is 5.32 Å². The van der Waals surface area contributed by atoms with Crippen molar-refractivity contribution in [3.8, 4) is 56.9 Å². The van der Waals surface area contributed by atoms with E-state index in [-0.39, 0.29) is 18.6 Å². The zero-order chi connectivity index (χ0) is 31.7. The zero-order valence-corrected chi connectivity index (χ0v) is 25.5. The van der Waals surface area contributed by atoms with Gasteiger partial charge < -0.3 is 29.0 Å². The molecule has 1 N–H and O–H groups in total. The van der Waals surface area contributed by atoms with E-state index in [1.807, 2.05) is 56.3 Å². The van der Waals surface area contributed by atoms with Crippen molar-refractivity contribution in [3.63, 3.8) is 0 Å². The lowest BCUT2D eigenvalue weighted by atomic mass is 10.00. The van der Waals surface area contributed by atoms with Crippen molar-refractivity contribution in [2.24, 2.45) is 0 Å². The van der Waals surface area contributed by atoms with Crippen LogP contribution in [0.25, 0.3) is 28.1 Å². The molecule has 0 saturated heterocycles. The van der Waals surface area contributed by atoms with E-state index in [1.165, 1.54) is 6.92 Å². The van der Waals surface area contributed by atoms with E-state index in [0.29, 0.717) is 56.6 Å². The first-order valence-electron chi connectivity index (χ1n) is 14.2. The number of amides is 1. The molecule has 5 aromatic rings. The van der Waals surface area contributed by atoms with Gasteiger partial charge in [0.05, 0.1) is 25.5 Å². The molecule has 45 heavy (non-hydrogen) atoms. The van der Waals surface area contributed by atoms with Crippen molar-refractivity contribution in [1.82, 2.24) is 9.78 Å². The second-order valence-electron chi connectivity index (χ2n) is 10.5. The molecule has 228 valence electrons. The molecule has 0 fully saturated rings. The third-order valence-electron chi connectivity index (χ3n) is 7.36. The second kappa shape index (κ2) is 12.1. The van der Waals surface area contributed by atoms with Gasteiger partial charge in [0.15, 0.2) is 11.5 Å². The first-order valence-corrected chi connectivity index (χ1v) is 14.2. The number of fused-ring (bicyclic) bond motifs is 1. The van der Waals surface area contributed by atoms with Crippen LogP contribution in [-0.2, 0) is 4.79 Å². The summed E-state index contributed by atoms with van der Waals surface area (Å²) in [5.41, 5.74) is 6.33. The largest absolute Gasteiger partial charge is 0.497 e. The molecule has 1 aromatic heterocycles. The highest BCUT2D eigenvalue weighted by Crippen LogP contribution is 2.43. The molecule has 0 aliphatic carbocycles. The normalized spacial score (nSPS) is 11.7. The van der Waals surface area contributed by atoms with Crippen molar-refractivity contribution < 1.29 is 33.3 Å². The maximum absolute atomic E-state index is 13.0. The summed E-state index contributed by atoms with van der Waals surface area (Å²) in [6.07, 6.45) is 0. The summed E-state index contributed by atoms with van der Waals surface area (Å²) in [6, 6.07) is 23.7. The summed E-state index contributed by atoms with van der Waals surface area (Å²) in [6.45, 7) is 5.47. The number of aryl methyl sites for hydroxylation is 2. The molecule has 0 atom stereocenters. The van der Waals surface area contributed by atoms with Crippen LogP contribution in [0.4, 0.5) is 5.69 Å². The van der Waals surface area contributed by atoms with Crippen LogP contribution >= 0.6 is 0 Å². The van der Waals surface area contributed by atoms with Gasteiger partial charge in [-0.3, -0.25) is 9.59 Å². The molecule has 0 unspecified atom stereocenters. The van der Waals surface area contributed by atoms with Gasteiger partial charge in [-0.05, 0) is 73.5 Å². The van der Waals surface area contributed by atoms with Gasteiger partial charge in [-0.25, -0.2) is 0 Å². The highest BCUT2D eigenvalue weighted by molar-refractivity contribution is 6.05. The van der Waals surface area contributed by atoms with Crippen molar-refractivity contribution >= 4 is 17.6 Å². The van der Waals surface area contributed by atoms with Crippen molar-refractivity contribution in [3.05, 3.63) is 95.6 Å². The summed E-state index contributed by atoms with van der Waals surface area (Å²) < 4.78 is 29.4. The summed E-state index contributed by atoms with van der Waals surface area (Å²) in [5, 5.41) is 7.92. The van der Waals surface area contributed by atoms with Crippen LogP contribution in [-0.4, -0.2) is 42.7 Å². The number of carbonyl (C=O) groups is 2. The monoisotopic (exact) mass is 605 g/mol. The molecule has 0 bridgehead atoms. The van der Waals surface area contributed by atoms with E-state index in [9.17, 15) is 9.59 Å². The van der Waals surface area contributed by atoms with Gasteiger partial charge in [0.2, 0.25) is 12.7 Å². The van der Waals surface area contributed by atoms with Crippen LogP contribution in [0, 0.1) is 13.8 Å². The van der Waals surface area contributed by atoms with Crippen molar-refractivity contribution in [2.75, 3.05) is 26.3 Å². The fraction of sp³-hybridized carbons (Fsp3) is 0.171.